The number of aliphatic hydroxyl groups excluding tert-OH is 1. The molecule has 10 heavy (non-hydrogen) atoms. The molecule has 1 fully saturated rings. The van der Waals surface area contributed by atoms with Gasteiger partial charge in [0, 0.05) is 19.5 Å². The van der Waals surface area contributed by atoms with E-state index in [9.17, 15) is 4.79 Å². The number of likely N-dealkylation sites (tertiary alicyclic amines) is 1. The number of halogens is 1. The Morgan fingerprint density at radius 3 is 2.60 bits per heavy atom. The van der Waals surface area contributed by atoms with E-state index in [1.807, 2.05) is 0 Å². The second-order valence-electron chi connectivity index (χ2n) is 2.05. The van der Waals surface area contributed by atoms with Crippen LogP contribution in [0.15, 0.2) is 0 Å². The van der Waals surface area contributed by atoms with Crippen molar-refractivity contribution in [3.05, 3.63) is 6.42 Å². The van der Waals surface area contributed by atoms with Gasteiger partial charge in [0.25, 0.3) is 0 Å². The van der Waals surface area contributed by atoms with E-state index >= 15 is 0 Å². The lowest BCUT2D eigenvalue weighted by atomic mass is 10.3. The molecule has 0 saturated carbocycles. The van der Waals surface area contributed by atoms with Crippen LogP contribution in [0.5, 0.6) is 0 Å². The molecule has 4 nitrogen and oxygen atoms in total. The summed E-state index contributed by atoms with van der Waals surface area (Å²) in [5, 5.41) is 8.84. The summed E-state index contributed by atoms with van der Waals surface area (Å²) in [5.74, 6) is 0. The van der Waals surface area contributed by atoms with Crippen LogP contribution in [0.25, 0.3) is 0 Å². The molecule has 1 saturated heterocycles. The lowest BCUT2D eigenvalue weighted by molar-refractivity contribution is 0.187. The molecule has 5 heteroatoms. The van der Waals surface area contributed by atoms with E-state index in [4.69, 9.17) is 10.8 Å². The zero-order valence-electron chi connectivity index (χ0n) is 5.36. The Morgan fingerprint density at radius 1 is 1.80 bits per heavy atom. The zero-order valence-corrected chi connectivity index (χ0v) is 6.17. The molecule has 0 unspecified atom stereocenters. The second-order valence-corrected chi connectivity index (χ2v) is 2.05. The Kier molecular flexibility index (Phi) is 3.46. The molecule has 1 atom stereocenters. The summed E-state index contributed by atoms with van der Waals surface area (Å²) < 4.78 is 0. The summed E-state index contributed by atoms with van der Waals surface area (Å²) >= 11 is 0. The van der Waals surface area contributed by atoms with Crippen molar-refractivity contribution in [3.8, 4) is 0 Å². The van der Waals surface area contributed by atoms with Crippen molar-refractivity contribution in [1.29, 1.82) is 0 Å². The summed E-state index contributed by atoms with van der Waals surface area (Å²) in [7, 11) is 0. The van der Waals surface area contributed by atoms with Crippen LogP contribution in [-0.2, 0) is 0 Å². The molecular formula is C5H10ClN2O2. The average Bonchev–Trinajstić information content (AvgIpc) is 2.14. The normalized spacial score (nSPS) is 24.1. The highest BCUT2D eigenvalue weighted by molar-refractivity contribution is 5.85. The summed E-state index contributed by atoms with van der Waals surface area (Å²) in [6.45, 7) is 0.811. The predicted molar refractivity (Wildman–Crippen MR) is 38.7 cm³/mol. The van der Waals surface area contributed by atoms with Gasteiger partial charge in [-0.2, -0.15) is 0 Å². The molecule has 0 aromatic carbocycles. The fourth-order valence-electron chi connectivity index (χ4n) is 0.804. The van der Waals surface area contributed by atoms with Crippen molar-refractivity contribution in [3.63, 3.8) is 0 Å². The van der Waals surface area contributed by atoms with Gasteiger partial charge in [-0.25, -0.2) is 4.79 Å². The minimum atomic E-state index is -0.488. The van der Waals surface area contributed by atoms with Gasteiger partial charge in [0.1, 0.15) is 0 Å². The zero-order chi connectivity index (χ0) is 6.85. The highest BCUT2D eigenvalue weighted by atomic mass is 35.5. The molecular weight excluding hydrogens is 156 g/mol. The van der Waals surface area contributed by atoms with Gasteiger partial charge in [-0.15, -0.1) is 12.4 Å². The number of amides is 2. The van der Waals surface area contributed by atoms with Gasteiger partial charge in [0.05, 0.1) is 6.10 Å². The van der Waals surface area contributed by atoms with E-state index in [1.165, 1.54) is 4.90 Å². The van der Waals surface area contributed by atoms with Crippen molar-refractivity contribution < 1.29 is 9.90 Å². The van der Waals surface area contributed by atoms with Crippen LogP contribution in [0.4, 0.5) is 4.79 Å². The largest absolute Gasteiger partial charge is 0.391 e. The average molecular weight is 166 g/mol. The number of aliphatic hydroxyl groups is 1. The third kappa shape index (κ3) is 2.04. The van der Waals surface area contributed by atoms with Crippen LogP contribution in [-0.4, -0.2) is 35.2 Å². The first kappa shape index (κ1) is 9.52. The molecule has 1 aliphatic heterocycles. The lowest BCUT2D eigenvalue weighted by Gasteiger charge is -2.09. The number of β-amino-alcohol motifs (C(OH)–C–C–N with tert-alkyl or cyclic N) is 1. The standard InChI is InChI=1S/C5H9N2O2.ClH/c6-5(9)7-2-1-4(8)3-7;/h1,4,8H,2-3H2,(H2,6,9);1H/t4-;/m0./s1. The molecule has 0 aromatic heterocycles. The van der Waals surface area contributed by atoms with Crippen molar-refractivity contribution in [2.75, 3.05) is 13.1 Å². The Labute approximate surface area is 65.4 Å². The van der Waals surface area contributed by atoms with Crippen LogP contribution in [0.3, 0.4) is 0 Å². The van der Waals surface area contributed by atoms with E-state index in [0.29, 0.717) is 13.1 Å². The fraction of sp³-hybridized carbons (Fsp3) is 0.600. The van der Waals surface area contributed by atoms with Crippen LogP contribution >= 0.6 is 12.4 Å². The van der Waals surface area contributed by atoms with E-state index < -0.39 is 12.1 Å². The molecule has 0 bridgehead atoms. The summed E-state index contributed by atoms with van der Waals surface area (Å²) in [6.07, 6.45) is 1.16. The summed E-state index contributed by atoms with van der Waals surface area (Å²) in [5.41, 5.74) is 4.92. The number of hydrogen-bond donors (Lipinski definition) is 2. The smallest absolute Gasteiger partial charge is 0.314 e. The SMILES string of the molecule is Cl.NC(=O)N1C[CH][C@H](O)C1. The summed E-state index contributed by atoms with van der Waals surface area (Å²) in [6, 6.07) is -0.470. The molecule has 0 spiro atoms. The number of nitrogens with zero attached hydrogens (tertiary/aromatic N) is 1. The Morgan fingerprint density at radius 2 is 2.40 bits per heavy atom. The van der Waals surface area contributed by atoms with Gasteiger partial charge >= 0.3 is 6.03 Å². The number of nitrogens with two attached hydrogens (primary N) is 1. The van der Waals surface area contributed by atoms with Gasteiger partial charge < -0.3 is 15.7 Å². The highest BCUT2D eigenvalue weighted by Crippen LogP contribution is 2.05. The maximum absolute atomic E-state index is 10.4. The van der Waals surface area contributed by atoms with Gasteiger partial charge in [0.15, 0.2) is 0 Å². The van der Waals surface area contributed by atoms with Crippen molar-refractivity contribution in [2.45, 2.75) is 6.10 Å². The number of rotatable bonds is 0. The fourth-order valence-corrected chi connectivity index (χ4v) is 0.804. The Bertz CT molecular complexity index is 131. The minimum absolute atomic E-state index is 0. The molecule has 0 aliphatic carbocycles. The van der Waals surface area contributed by atoms with Crippen LogP contribution in [0.1, 0.15) is 0 Å². The molecule has 1 heterocycles. The molecule has 0 aromatic rings. The highest BCUT2D eigenvalue weighted by Gasteiger charge is 2.22. The van der Waals surface area contributed by atoms with Crippen LogP contribution in [0.2, 0.25) is 0 Å². The quantitative estimate of drug-likeness (QED) is 0.502. The number of carbonyl (C=O) groups is 1. The number of hydrogen-bond acceptors (Lipinski definition) is 2. The lowest BCUT2D eigenvalue weighted by Crippen LogP contribution is -2.34. The molecule has 1 rings (SSSR count). The van der Waals surface area contributed by atoms with Gasteiger partial charge in [-0.05, 0) is 0 Å². The first-order chi connectivity index (χ1) is 4.20. The van der Waals surface area contributed by atoms with Crippen LogP contribution < -0.4 is 5.73 Å². The molecule has 1 aliphatic rings. The Hall–Kier alpha value is -0.480. The predicted octanol–water partition coefficient (Wildman–Crippen LogP) is -0.632. The maximum atomic E-state index is 10.4. The molecule has 2 amide bonds. The van der Waals surface area contributed by atoms with Gasteiger partial charge in [0.2, 0.25) is 0 Å². The minimum Gasteiger partial charge on any atom is -0.391 e. The monoisotopic (exact) mass is 165 g/mol. The van der Waals surface area contributed by atoms with Crippen LogP contribution in [0, 0.1) is 6.42 Å². The molecule has 59 valence electrons. The topological polar surface area (TPSA) is 66.6 Å². The van der Waals surface area contributed by atoms with E-state index in [-0.39, 0.29) is 12.4 Å². The number of urea groups is 1. The Balaban J connectivity index is 0.000000810. The third-order valence-corrected chi connectivity index (χ3v) is 1.32. The summed E-state index contributed by atoms with van der Waals surface area (Å²) in [4.78, 5) is 11.7. The number of primary amides is 1. The molecule has 3 N–H and O–H groups in total. The van der Waals surface area contributed by atoms with Crippen molar-refractivity contribution in [1.82, 2.24) is 4.90 Å². The van der Waals surface area contributed by atoms with Gasteiger partial charge in [-0.3, -0.25) is 0 Å². The van der Waals surface area contributed by atoms with Gasteiger partial charge in [-0.1, -0.05) is 0 Å². The second kappa shape index (κ2) is 3.63. The maximum Gasteiger partial charge on any atom is 0.314 e. The molecule has 1 radical (unpaired) electrons. The first-order valence-corrected chi connectivity index (χ1v) is 2.76. The van der Waals surface area contributed by atoms with E-state index in [0.717, 1.165) is 0 Å². The van der Waals surface area contributed by atoms with E-state index in [1.54, 1.807) is 6.42 Å². The third-order valence-electron chi connectivity index (χ3n) is 1.32. The van der Waals surface area contributed by atoms with Crippen molar-refractivity contribution >= 4 is 18.4 Å². The number of carbonyl (C=O) groups excluding carboxylic acids is 1. The first-order valence-electron chi connectivity index (χ1n) is 2.76. The van der Waals surface area contributed by atoms with E-state index in [2.05, 4.69) is 0 Å². The van der Waals surface area contributed by atoms with Crippen molar-refractivity contribution in [2.24, 2.45) is 5.73 Å².